The molecule has 5 nitrogen and oxygen atoms in total. The number of anilines is 1. The van der Waals surface area contributed by atoms with Gasteiger partial charge in [-0.25, -0.2) is 0 Å². The van der Waals surface area contributed by atoms with Crippen molar-refractivity contribution in [2.45, 2.75) is 25.3 Å². The minimum Gasteiger partial charge on any atom is -0.493 e. The summed E-state index contributed by atoms with van der Waals surface area (Å²) in [7, 11) is 3.18. The molecule has 0 bridgehead atoms. The number of hydrogen-bond acceptors (Lipinski definition) is 4. The van der Waals surface area contributed by atoms with Gasteiger partial charge in [-0.3, -0.25) is 4.79 Å². The number of ether oxygens (including phenoxy) is 2. The van der Waals surface area contributed by atoms with Gasteiger partial charge in [0.1, 0.15) is 0 Å². The first-order valence-electron chi connectivity index (χ1n) is 7.49. The summed E-state index contributed by atoms with van der Waals surface area (Å²) in [5.41, 5.74) is 0.737. The quantitative estimate of drug-likeness (QED) is 0.891. The highest BCUT2D eigenvalue weighted by Crippen LogP contribution is 2.38. The van der Waals surface area contributed by atoms with Gasteiger partial charge in [0.2, 0.25) is 5.91 Å². The van der Waals surface area contributed by atoms with Gasteiger partial charge in [-0.1, -0.05) is 6.42 Å². The smallest absolute Gasteiger partial charge is 0.241 e. The van der Waals surface area contributed by atoms with Crippen molar-refractivity contribution in [2.24, 2.45) is 11.8 Å². The summed E-state index contributed by atoms with van der Waals surface area (Å²) in [4.78, 5) is 12.5. The van der Waals surface area contributed by atoms with Crippen LogP contribution < -0.4 is 20.1 Å². The highest BCUT2D eigenvalue weighted by atomic mass is 16.5. The second-order valence-electron chi connectivity index (χ2n) is 5.80. The Labute approximate surface area is 125 Å². The lowest BCUT2D eigenvalue weighted by Gasteiger charge is -2.18. The molecule has 114 valence electrons. The molecule has 1 aliphatic carbocycles. The number of nitrogens with one attached hydrogen (secondary N) is 2. The fraction of sp³-hybridized carbons (Fsp3) is 0.562. The fourth-order valence-corrected chi connectivity index (χ4v) is 3.61. The predicted molar refractivity (Wildman–Crippen MR) is 80.8 cm³/mol. The number of hydrogen-bond donors (Lipinski definition) is 2. The second-order valence-corrected chi connectivity index (χ2v) is 5.80. The van der Waals surface area contributed by atoms with Crippen LogP contribution in [0.2, 0.25) is 0 Å². The topological polar surface area (TPSA) is 59.6 Å². The average molecular weight is 290 g/mol. The summed E-state index contributed by atoms with van der Waals surface area (Å²) >= 11 is 0. The zero-order valence-electron chi connectivity index (χ0n) is 12.5. The maximum Gasteiger partial charge on any atom is 0.241 e. The molecule has 3 rings (SSSR count). The predicted octanol–water partition coefficient (Wildman–Crippen LogP) is 2.03. The largest absolute Gasteiger partial charge is 0.493 e. The summed E-state index contributed by atoms with van der Waals surface area (Å²) in [6.45, 7) is 0.967. The Morgan fingerprint density at radius 3 is 2.81 bits per heavy atom. The first-order valence-corrected chi connectivity index (χ1v) is 7.49. The molecule has 3 atom stereocenters. The van der Waals surface area contributed by atoms with Gasteiger partial charge < -0.3 is 20.1 Å². The summed E-state index contributed by atoms with van der Waals surface area (Å²) < 4.78 is 10.5. The first kappa shape index (κ1) is 14.2. The standard InChI is InChI=1S/C16H22N2O3/c1-20-13-7-6-11(8-14(13)21-2)18-16(19)15-12-5-3-4-10(12)9-17-15/h6-8,10,12,15,17H,3-5,9H2,1-2H3,(H,18,19). The van der Waals surface area contributed by atoms with Crippen molar-refractivity contribution in [2.75, 3.05) is 26.1 Å². The van der Waals surface area contributed by atoms with Crippen LogP contribution in [-0.4, -0.2) is 32.7 Å². The average Bonchev–Trinajstić information content (AvgIpc) is 3.09. The van der Waals surface area contributed by atoms with Crippen molar-refractivity contribution in [3.05, 3.63) is 18.2 Å². The van der Waals surface area contributed by atoms with Crippen LogP contribution in [-0.2, 0) is 4.79 Å². The van der Waals surface area contributed by atoms with E-state index < -0.39 is 0 Å². The molecule has 2 N–H and O–H groups in total. The Hall–Kier alpha value is -1.75. The second kappa shape index (κ2) is 5.93. The van der Waals surface area contributed by atoms with Crippen molar-refractivity contribution >= 4 is 11.6 Å². The number of benzene rings is 1. The molecule has 3 unspecified atom stereocenters. The Balaban J connectivity index is 1.70. The van der Waals surface area contributed by atoms with Crippen LogP contribution in [0.25, 0.3) is 0 Å². The van der Waals surface area contributed by atoms with Gasteiger partial charge in [0, 0.05) is 11.8 Å². The fourth-order valence-electron chi connectivity index (χ4n) is 3.61. The Kier molecular flexibility index (Phi) is 4.01. The van der Waals surface area contributed by atoms with E-state index in [-0.39, 0.29) is 11.9 Å². The van der Waals surface area contributed by atoms with E-state index in [1.165, 1.54) is 12.8 Å². The molecule has 0 radical (unpaired) electrons. The number of carbonyl (C=O) groups excluding carboxylic acids is 1. The van der Waals surface area contributed by atoms with Crippen molar-refractivity contribution in [1.82, 2.24) is 5.32 Å². The van der Waals surface area contributed by atoms with E-state index in [1.807, 2.05) is 6.07 Å². The van der Waals surface area contributed by atoms with Crippen LogP contribution in [0, 0.1) is 11.8 Å². The molecule has 2 aliphatic rings. The molecule has 1 saturated heterocycles. The molecule has 2 fully saturated rings. The lowest BCUT2D eigenvalue weighted by atomic mass is 9.93. The zero-order valence-corrected chi connectivity index (χ0v) is 12.5. The number of rotatable bonds is 4. The molecular formula is C16H22N2O3. The third-order valence-corrected chi connectivity index (χ3v) is 4.68. The summed E-state index contributed by atoms with van der Waals surface area (Å²) in [5, 5.41) is 6.35. The first-order chi connectivity index (χ1) is 10.2. The van der Waals surface area contributed by atoms with E-state index in [9.17, 15) is 4.79 Å². The van der Waals surface area contributed by atoms with E-state index in [2.05, 4.69) is 10.6 Å². The van der Waals surface area contributed by atoms with Crippen LogP contribution in [0.1, 0.15) is 19.3 Å². The Morgan fingerprint density at radius 2 is 2.05 bits per heavy atom. The number of fused-ring (bicyclic) bond motifs is 1. The summed E-state index contributed by atoms with van der Waals surface area (Å²) in [6, 6.07) is 5.36. The zero-order chi connectivity index (χ0) is 14.8. The van der Waals surface area contributed by atoms with E-state index in [1.54, 1.807) is 26.4 Å². The molecule has 1 aromatic rings. The van der Waals surface area contributed by atoms with E-state index in [0.717, 1.165) is 18.7 Å². The summed E-state index contributed by atoms with van der Waals surface area (Å²) in [5.74, 6) is 2.49. The van der Waals surface area contributed by atoms with Gasteiger partial charge >= 0.3 is 0 Å². The maximum absolute atomic E-state index is 12.5. The molecule has 1 saturated carbocycles. The number of methoxy groups -OCH3 is 2. The number of amides is 1. The van der Waals surface area contributed by atoms with Crippen LogP contribution in [0.4, 0.5) is 5.69 Å². The van der Waals surface area contributed by atoms with E-state index >= 15 is 0 Å². The van der Waals surface area contributed by atoms with Crippen LogP contribution in [0.5, 0.6) is 11.5 Å². The monoisotopic (exact) mass is 290 g/mol. The highest BCUT2D eigenvalue weighted by Gasteiger charge is 2.42. The molecule has 1 amide bonds. The van der Waals surface area contributed by atoms with Gasteiger partial charge in [-0.2, -0.15) is 0 Å². The highest BCUT2D eigenvalue weighted by molar-refractivity contribution is 5.95. The van der Waals surface area contributed by atoms with Gasteiger partial charge in [0.25, 0.3) is 0 Å². The van der Waals surface area contributed by atoms with Crippen LogP contribution >= 0.6 is 0 Å². The molecule has 1 aliphatic heterocycles. The van der Waals surface area contributed by atoms with Gasteiger partial charge in [-0.15, -0.1) is 0 Å². The molecule has 0 spiro atoms. The van der Waals surface area contributed by atoms with Gasteiger partial charge in [0.15, 0.2) is 11.5 Å². The minimum atomic E-state index is -0.0643. The van der Waals surface area contributed by atoms with Crippen LogP contribution in [0.3, 0.4) is 0 Å². The molecule has 21 heavy (non-hydrogen) atoms. The van der Waals surface area contributed by atoms with Gasteiger partial charge in [-0.05, 0) is 43.4 Å². The summed E-state index contributed by atoms with van der Waals surface area (Å²) in [6.07, 6.45) is 3.65. The van der Waals surface area contributed by atoms with Gasteiger partial charge in [0.05, 0.1) is 20.3 Å². The molecule has 5 heteroatoms. The SMILES string of the molecule is COc1ccc(NC(=O)C2NCC3CCCC32)cc1OC. The Morgan fingerprint density at radius 1 is 1.24 bits per heavy atom. The van der Waals surface area contributed by atoms with Crippen molar-refractivity contribution < 1.29 is 14.3 Å². The molecular weight excluding hydrogens is 268 g/mol. The van der Waals surface area contributed by atoms with Crippen LogP contribution in [0.15, 0.2) is 18.2 Å². The molecule has 1 aromatic carbocycles. The Bertz CT molecular complexity index is 532. The normalized spacial score (nSPS) is 27.2. The lowest BCUT2D eigenvalue weighted by Crippen LogP contribution is -2.39. The third kappa shape index (κ3) is 2.70. The minimum absolute atomic E-state index is 0.0524. The number of carbonyl (C=O) groups is 1. The van der Waals surface area contributed by atoms with E-state index in [0.29, 0.717) is 23.3 Å². The third-order valence-electron chi connectivity index (χ3n) is 4.68. The molecule has 1 heterocycles. The lowest BCUT2D eigenvalue weighted by molar-refractivity contribution is -0.118. The van der Waals surface area contributed by atoms with Crippen molar-refractivity contribution in [1.29, 1.82) is 0 Å². The molecule has 0 aromatic heterocycles. The maximum atomic E-state index is 12.5. The van der Waals surface area contributed by atoms with Crippen molar-refractivity contribution in [3.63, 3.8) is 0 Å². The van der Waals surface area contributed by atoms with E-state index in [4.69, 9.17) is 9.47 Å². The van der Waals surface area contributed by atoms with Crippen molar-refractivity contribution in [3.8, 4) is 11.5 Å².